The number of halogens is 1. The van der Waals surface area contributed by atoms with Crippen molar-refractivity contribution >= 4 is 31.5 Å². The van der Waals surface area contributed by atoms with Gasteiger partial charge in [-0.3, -0.25) is 0 Å². The number of hydrogen-bond acceptors (Lipinski definition) is 5. The Labute approximate surface area is 184 Å². The molecule has 4 rings (SSSR count). The molecule has 1 heterocycles. The Morgan fingerprint density at radius 2 is 1.39 bits per heavy atom. The van der Waals surface area contributed by atoms with Crippen molar-refractivity contribution in [2.45, 2.75) is 14.8 Å². The predicted octanol–water partition coefficient (Wildman–Crippen LogP) is 3.67. The highest BCUT2D eigenvalue weighted by Crippen LogP contribution is 2.29. The molecule has 0 bridgehead atoms. The Bertz CT molecular complexity index is 1450. The molecule has 10 heteroatoms. The molecule has 7 nitrogen and oxygen atoms in total. The summed E-state index contributed by atoms with van der Waals surface area (Å²) in [6.45, 7) is 0. The van der Waals surface area contributed by atoms with E-state index in [4.69, 9.17) is 16.7 Å². The third-order valence-corrected chi connectivity index (χ3v) is 7.39. The van der Waals surface area contributed by atoms with Crippen LogP contribution < -0.4 is 5.14 Å². The number of sulfonamides is 1. The van der Waals surface area contributed by atoms with Gasteiger partial charge in [-0.25, -0.2) is 26.7 Å². The number of nitrogens with zero attached hydrogens (tertiary/aromatic N) is 2. The maximum absolute atomic E-state index is 13.1. The Balaban J connectivity index is 1.90. The lowest BCUT2D eigenvalue weighted by atomic mass is 10.1. The van der Waals surface area contributed by atoms with Crippen molar-refractivity contribution in [3.05, 3.63) is 90.0 Å². The van der Waals surface area contributed by atoms with Gasteiger partial charge in [0.05, 0.1) is 21.2 Å². The van der Waals surface area contributed by atoms with E-state index in [9.17, 15) is 16.8 Å². The van der Waals surface area contributed by atoms with Crippen LogP contribution in [-0.2, 0) is 19.9 Å². The second-order valence-electron chi connectivity index (χ2n) is 6.64. The maximum atomic E-state index is 13.1. The second kappa shape index (κ2) is 7.93. The van der Waals surface area contributed by atoms with Crippen molar-refractivity contribution in [3.63, 3.8) is 0 Å². The quantitative estimate of drug-likeness (QED) is 0.475. The summed E-state index contributed by atoms with van der Waals surface area (Å²) in [5.41, 5.74) is 1.64. The van der Waals surface area contributed by atoms with Gasteiger partial charge in [0.1, 0.15) is 0 Å². The molecule has 0 radical (unpaired) electrons. The van der Waals surface area contributed by atoms with Crippen molar-refractivity contribution in [2.24, 2.45) is 5.14 Å². The lowest BCUT2D eigenvalue weighted by molar-refractivity contribution is 0.590. The minimum Gasteiger partial charge on any atom is -0.232 e. The number of primary sulfonamides is 1. The van der Waals surface area contributed by atoms with E-state index < -0.39 is 19.9 Å². The number of hydrogen-bond donors (Lipinski definition) is 1. The normalized spacial score (nSPS) is 12.1. The van der Waals surface area contributed by atoms with Crippen LogP contribution >= 0.6 is 11.6 Å². The molecule has 0 aliphatic heterocycles. The van der Waals surface area contributed by atoms with Crippen molar-refractivity contribution in [1.82, 2.24) is 9.78 Å². The zero-order valence-corrected chi connectivity index (χ0v) is 18.3. The highest BCUT2D eigenvalue weighted by molar-refractivity contribution is 7.91. The Kier molecular flexibility index (Phi) is 5.44. The van der Waals surface area contributed by atoms with Gasteiger partial charge in [-0.15, -0.1) is 0 Å². The molecule has 31 heavy (non-hydrogen) atoms. The highest BCUT2D eigenvalue weighted by Gasteiger charge is 2.24. The molecule has 0 saturated heterocycles. The van der Waals surface area contributed by atoms with Crippen LogP contribution in [0.3, 0.4) is 0 Å². The molecule has 0 spiro atoms. The molecule has 0 saturated carbocycles. The average molecular weight is 474 g/mol. The van der Waals surface area contributed by atoms with Gasteiger partial charge in [0.25, 0.3) is 0 Å². The molecule has 0 amide bonds. The van der Waals surface area contributed by atoms with Crippen molar-refractivity contribution in [1.29, 1.82) is 0 Å². The first-order valence-corrected chi connectivity index (χ1v) is 12.4. The maximum Gasteiger partial charge on any atom is 0.238 e. The molecule has 0 atom stereocenters. The second-order valence-corrected chi connectivity index (χ2v) is 10.5. The fraction of sp³-hybridized carbons (Fsp3) is 0. The largest absolute Gasteiger partial charge is 0.238 e. The van der Waals surface area contributed by atoms with E-state index in [1.165, 1.54) is 47.1 Å². The van der Waals surface area contributed by atoms with E-state index in [-0.39, 0.29) is 14.8 Å². The summed E-state index contributed by atoms with van der Waals surface area (Å²) in [7, 11) is -7.73. The summed E-state index contributed by atoms with van der Waals surface area (Å²) >= 11 is 5.99. The van der Waals surface area contributed by atoms with Crippen molar-refractivity contribution < 1.29 is 16.8 Å². The lowest BCUT2D eigenvalue weighted by Gasteiger charge is -2.08. The van der Waals surface area contributed by atoms with Gasteiger partial charge in [-0.2, -0.15) is 5.10 Å². The van der Waals surface area contributed by atoms with Gasteiger partial charge in [0.15, 0.2) is 5.03 Å². The first kappa shape index (κ1) is 21.3. The zero-order chi connectivity index (χ0) is 22.2. The predicted molar refractivity (Wildman–Crippen MR) is 117 cm³/mol. The number of nitrogens with two attached hydrogens (primary N) is 1. The summed E-state index contributed by atoms with van der Waals surface area (Å²) in [6, 6.07) is 22.0. The van der Waals surface area contributed by atoms with Crippen molar-refractivity contribution in [3.8, 4) is 16.9 Å². The zero-order valence-electron chi connectivity index (χ0n) is 15.9. The van der Waals surface area contributed by atoms with Crippen LogP contribution in [-0.4, -0.2) is 26.6 Å². The minimum atomic E-state index is -3.87. The van der Waals surface area contributed by atoms with E-state index in [2.05, 4.69) is 5.10 Å². The third-order valence-electron chi connectivity index (χ3n) is 4.57. The Morgan fingerprint density at radius 1 is 0.774 bits per heavy atom. The first-order valence-electron chi connectivity index (χ1n) is 8.96. The monoisotopic (exact) mass is 473 g/mol. The molecule has 0 fully saturated rings. The molecule has 0 aliphatic rings. The summed E-state index contributed by atoms with van der Waals surface area (Å²) in [6.07, 6.45) is 0. The van der Waals surface area contributed by atoms with E-state index in [0.717, 1.165) is 0 Å². The highest BCUT2D eigenvalue weighted by atomic mass is 35.5. The average Bonchev–Trinajstić information content (AvgIpc) is 3.21. The van der Waals surface area contributed by atoms with Gasteiger partial charge >= 0.3 is 0 Å². The summed E-state index contributed by atoms with van der Waals surface area (Å²) in [5.74, 6) is 0. The van der Waals surface area contributed by atoms with E-state index in [0.29, 0.717) is 22.0 Å². The summed E-state index contributed by atoms with van der Waals surface area (Å²) < 4.78 is 50.8. The smallest absolute Gasteiger partial charge is 0.232 e. The topological polar surface area (TPSA) is 112 Å². The van der Waals surface area contributed by atoms with E-state index in [1.807, 2.05) is 0 Å². The molecule has 2 N–H and O–H groups in total. The molecule has 4 aromatic rings. The van der Waals surface area contributed by atoms with Crippen LogP contribution in [0.1, 0.15) is 0 Å². The first-order chi connectivity index (χ1) is 14.7. The molecule has 0 unspecified atom stereocenters. The Hall–Kier alpha value is -2.98. The van der Waals surface area contributed by atoms with Crippen LogP contribution in [0.25, 0.3) is 16.9 Å². The van der Waals surface area contributed by atoms with Crippen LogP contribution in [0.2, 0.25) is 5.02 Å². The number of aromatic nitrogens is 2. The van der Waals surface area contributed by atoms with Crippen molar-refractivity contribution in [2.75, 3.05) is 0 Å². The molecule has 158 valence electrons. The number of benzene rings is 3. The van der Waals surface area contributed by atoms with Crippen LogP contribution in [0.4, 0.5) is 0 Å². The molecular weight excluding hydrogens is 458 g/mol. The molecule has 3 aromatic carbocycles. The SMILES string of the molecule is NS(=O)(=O)c1ccc(-n2nc(S(=O)(=O)c3ccccc3)cc2-c2ccc(Cl)cc2)cc1. The van der Waals surface area contributed by atoms with Crippen LogP contribution in [0.15, 0.2) is 99.7 Å². The standard InChI is InChI=1S/C21H16ClN3O4S2/c22-16-8-6-15(7-9-16)20-14-21(30(26,27)18-4-2-1-3-5-18)24-25(20)17-10-12-19(13-11-17)31(23,28)29/h1-14H,(H2,23,28,29). The van der Waals surface area contributed by atoms with Gasteiger partial charge in [0.2, 0.25) is 19.9 Å². The number of sulfone groups is 1. The summed E-state index contributed by atoms with van der Waals surface area (Å²) in [5, 5.41) is 9.89. The molecule has 1 aromatic heterocycles. The van der Waals surface area contributed by atoms with E-state index in [1.54, 1.807) is 42.5 Å². The van der Waals surface area contributed by atoms with Crippen LogP contribution in [0, 0.1) is 0 Å². The molecular formula is C21H16ClN3O4S2. The van der Waals surface area contributed by atoms with Gasteiger partial charge in [0, 0.05) is 16.7 Å². The minimum absolute atomic E-state index is 0.0615. The van der Waals surface area contributed by atoms with Crippen LogP contribution in [0.5, 0.6) is 0 Å². The van der Waals surface area contributed by atoms with E-state index >= 15 is 0 Å². The van der Waals surface area contributed by atoms with Gasteiger partial charge < -0.3 is 0 Å². The summed E-state index contributed by atoms with van der Waals surface area (Å²) in [4.78, 5) is 0.0560. The fourth-order valence-corrected chi connectivity index (χ4v) is 4.87. The Morgan fingerprint density at radius 3 is 1.97 bits per heavy atom. The van der Waals surface area contributed by atoms with Gasteiger partial charge in [-0.1, -0.05) is 41.9 Å². The molecule has 0 aliphatic carbocycles. The fourth-order valence-electron chi connectivity index (χ4n) is 3.01. The van der Waals surface area contributed by atoms with Gasteiger partial charge in [-0.05, 0) is 48.5 Å². The lowest BCUT2D eigenvalue weighted by Crippen LogP contribution is -2.12. The third kappa shape index (κ3) is 4.26. The number of rotatable bonds is 5.